The Balaban J connectivity index is 1.40. The van der Waals surface area contributed by atoms with Crippen LogP contribution in [0.15, 0.2) is 36.4 Å². The van der Waals surface area contributed by atoms with Crippen molar-refractivity contribution in [3.8, 4) is 0 Å². The molecule has 6 heteroatoms. The lowest BCUT2D eigenvalue weighted by Gasteiger charge is -2.34. The van der Waals surface area contributed by atoms with Crippen LogP contribution in [0.3, 0.4) is 0 Å². The molecule has 2 amide bonds. The fourth-order valence-corrected chi connectivity index (χ4v) is 3.74. The largest absolute Gasteiger partial charge is 0.339 e. The van der Waals surface area contributed by atoms with Gasteiger partial charge in [-0.1, -0.05) is 54.2 Å². The molecule has 0 aliphatic carbocycles. The summed E-state index contributed by atoms with van der Waals surface area (Å²) in [4.78, 5) is 29.8. The van der Waals surface area contributed by atoms with Crippen LogP contribution in [0.5, 0.6) is 0 Å². The Hall–Kier alpha value is -1.79. The van der Waals surface area contributed by atoms with E-state index in [1.807, 2.05) is 23.1 Å². The van der Waals surface area contributed by atoms with Crippen LogP contribution in [0.25, 0.3) is 6.08 Å². The molecule has 5 nitrogen and oxygen atoms in total. The van der Waals surface area contributed by atoms with Crippen molar-refractivity contribution in [2.24, 2.45) is 0 Å². The maximum absolute atomic E-state index is 12.3. The minimum atomic E-state index is 0.0352. The van der Waals surface area contributed by atoms with Gasteiger partial charge >= 0.3 is 0 Å². The number of carbonyl (C=O) groups excluding carboxylic acids is 2. The van der Waals surface area contributed by atoms with E-state index in [0.29, 0.717) is 6.54 Å². The minimum Gasteiger partial charge on any atom is -0.339 e. The third-order valence-electron chi connectivity index (χ3n) is 4.37. The quantitative estimate of drug-likeness (QED) is 0.819. The number of piperazine rings is 1. The molecule has 0 aromatic heterocycles. The van der Waals surface area contributed by atoms with Gasteiger partial charge in [-0.25, -0.2) is 0 Å². The van der Waals surface area contributed by atoms with Crippen molar-refractivity contribution < 1.29 is 9.59 Å². The van der Waals surface area contributed by atoms with Crippen molar-refractivity contribution in [1.29, 1.82) is 0 Å². The average molecular weight is 345 g/mol. The van der Waals surface area contributed by atoms with Crippen LogP contribution in [0.4, 0.5) is 4.79 Å². The summed E-state index contributed by atoms with van der Waals surface area (Å²) in [5.41, 5.74) is 1.21. The van der Waals surface area contributed by atoms with Crippen LogP contribution in [-0.4, -0.2) is 77.4 Å². The average Bonchev–Trinajstić information content (AvgIpc) is 3.01. The van der Waals surface area contributed by atoms with E-state index in [0.717, 1.165) is 38.5 Å². The van der Waals surface area contributed by atoms with Gasteiger partial charge in [0.15, 0.2) is 0 Å². The first-order valence-electron chi connectivity index (χ1n) is 8.36. The van der Waals surface area contributed by atoms with Crippen LogP contribution < -0.4 is 0 Å². The Kier molecular flexibility index (Phi) is 5.93. The van der Waals surface area contributed by atoms with Gasteiger partial charge in [0, 0.05) is 45.0 Å². The molecule has 1 aromatic rings. The van der Waals surface area contributed by atoms with E-state index in [1.165, 1.54) is 17.3 Å². The van der Waals surface area contributed by atoms with Gasteiger partial charge in [0.25, 0.3) is 5.24 Å². The van der Waals surface area contributed by atoms with E-state index >= 15 is 0 Å². The Bertz CT molecular complexity index is 598. The molecule has 3 rings (SSSR count). The normalized spacial score (nSPS) is 19.4. The summed E-state index contributed by atoms with van der Waals surface area (Å²) < 4.78 is 0. The zero-order chi connectivity index (χ0) is 16.8. The number of nitrogens with zero attached hydrogens (tertiary/aromatic N) is 3. The molecule has 128 valence electrons. The van der Waals surface area contributed by atoms with Gasteiger partial charge in [-0.05, 0) is 5.56 Å². The second-order valence-corrected chi connectivity index (χ2v) is 7.08. The highest BCUT2D eigenvalue weighted by Gasteiger charge is 2.27. The zero-order valence-corrected chi connectivity index (χ0v) is 14.6. The maximum atomic E-state index is 12.3. The van der Waals surface area contributed by atoms with Gasteiger partial charge in [-0.2, -0.15) is 0 Å². The van der Waals surface area contributed by atoms with Crippen molar-refractivity contribution in [3.05, 3.63) is 42.0 Å². The molecule has 0 spiro atoms. The molecule has 2 aliphatic heterocycles. The molecule has 0 N–H and O–H groups in total. The van der Waals surface area contributed by atoms with Gasteiger partial charge < -0.3 is 9.80 Å². The Labute approximate surface area is 147 Å². The fraction of sp³-hybridized carbons (Fsp3) is 0.444. The van der Waals surface area contributed by atoms with Crippen LogP contribution in [0, 0.1) is 0 Å². The van der Waals surface area contributed by atoms with Crippen LogP contribution >= 0.6 is 11.8 Å². The van der Waals surface area contributed by atoms with Crippen LogP contribution in [-0.2, 0) is 4.79 Å². The number of carbonyl (C=O) groups is 2. The van der Waals surface area contributed by atoms with Gasteiger partial charge in [0.2, 0.25) is 5.91 Å². The summed E-state index contributed by atoms with van der Waals surface area (Å²) in [5, 5.41) is 0.0352. The highest BCUT2D eigenvalue weighted by molar-refractivity contribution is 8.13. The molecule has 0 atom stereocenters. The standard InChI is InChI=1S/C18H23N3O2S/c22-17(15-21-13-14-24-18(21)23)20-11-9-19(10-12-20)8-4-7-16-5-2-1-3-6-16/h1-7H,8-15H2/b7-4+. The minimum absolute atomic E-state index is 0.0352. The van der Waals surface area contributed by atoms with E-state index in [-0.39, 0.29) is 17.7 Å². The van der Waals surface area contributed by atoms with E-state index in [1.54, 1.807) is 4.90 Å². The summed E-state index contributed by atoms with van der Waals surface area (Å²) in [7, 11) is 0. The maximum Gasteiger partial charge on any atom is 0.282 e. The lowest BCUT2D eigenvalue weighted by Crippen LogP contribution is -2.51. The third kappa shape index (κ3) is 4.61. The van der Waals surface area contributed by atoms with E-state index in [2.05, 4.69) is 29.2 Å². The SMILES string of the molecule is O=C(CN1CCSC1=O)N1CCN(C/C=C/c2ccccc2)CC1. The second kappa shape index (κ2) is 8.35. The second-order valence-electron chi connectivity index (χ2n) is 6.03. The first-order valence-corrected chi connectivity index (χ1v) is 9.34. The number of amides is 2. The molecule has 2 fully saturated rings. The zero-order valence-electron chi connectivity index (χ0n) is 13.8. The fourth-order valence-electron chi connectivity index (χ4n) is 2.91. The van der Waals surface area contributed by atoms with E-state index in [9.17, 15) is 9.59 Å². The number of hydrogen-bond acceptors (Lipinski definition) is 4. The topological polar surface area (TPSA) is 43.9 Å². The lowest BCUT2D eigenvalue weighted by molar-refractivity contribution is -0.133. The Morgan fingerprint density at radius 3 is 2.50 bits per heavy atom. The first-order chi connectivity index (χ1) is 11.7. The van der Waals surface area contributed by atoms with E-state index in [4.69, 9.17) is 0 Å². The van der Waals surface area contributed by atoms with Gasteiger partial charge in [0.05, 0.1) is 0 Å². The summed E-state index contributed by atoms with van der Waals surface area (Å²) in [6, 6.07) is 10.3. The number of rotatable bonds is 5. The summed E-state index contributed by atoms with van der Waals surface area (Å²) >= 11 is 1.30. The van der Waals surface area contributed by atoms with Gasteiger partial charge in [0.1, 0.15) is 6.54 Å². The third-order valence-corrected chi connectivity index (χ3v) is 5.26. The summed E-state index contributed by atoms with van der Waals surface area (Å²) in [6.45, 7) is 5.08. The molecular weight excluding hydrogens is 322 g/mol. The van der Waals surface area contributed by atoms with Crippen LogP contribution in [0.2, 0.25) is 0 Å². The number of thioether (sulfide) groups is 1. The summed E-state index contributed by atoms with van der Waals surface area (Å²) in [6.07, 6.45) is 4.31. The highest BCUT2D eigenvalue weighted by atomic mass is 32.2. The molecule has 2 heterocycles. The van der Waals surface area contributed by atoms with Crippen molar-refractivity contribution in [3.63, 3.8) is 0 Å². The molecule has 0 bridgehead atoms. The molecule has 2 saturated heterocycles. The number of benzene rings is 1. The van der Waals surface area contributed by atoms with Crippen molar-refractivity contribution >= 4 is 29.0 Å². The molecule has 2 aliphatic rings. The molecule has 0 unspecified atom stereocenters. The van der Waals surface area contributed by atoms with Gasteiger partial charge in [-0.15, -0.1) is 0 Å². The van der Waals surface area contributed by atoms with Crippen molar-refractivity contribution in [2.75, 3.05) is 51.6 Å². The monoisotopic (exact) mass is 345 g/mol. The van der Waals surface area contributed by atoms with Gasteiger partial charge in [-0.3, -0.25) is 14.5 Å². The predicted molar refractivity (Wildman–Crippen MR) is 97.9 cm³/mol. The van der Waals surface area contributed by atoms with E-state index < -0.39 is 0 Å². The Morgan fingerprint density at radius 2 is 1.83 bits per heavy atom. The smallest absolute Gasteiger partial charge is 0.282 e. The molecule has 1 aromatic carbocycles. The molecule has 24 heavy (non-hydrogen) atoms. The molecular formula is C18H23N3O2S. The predicted octanol–water partition coefficient (Wildman–Crippen LogP) is 2.01. The first kappa shape index (κ1) is 17.0. The number of hydrogen-bond donors (Lipinski definition) is 0. The lowest BCUT2D eigenvalue weighted by atomic mass is 10.2. The molecule has 0 radical (unpaired) electrons. The van der Waals surface area contributed by atoms with Crippen molar-refractivity contribution in [1.82, 2.24) is 14.7 Å². The Morgan fingerprint density at radius 1 is 1.08 bits per heavy atom. The molecule has 0 saturated carbocycles. The highest BCUT2D eigenvalue weighted by Crippen LogP contribution is 2.17. The van der Waals surface area contributed by atoms with Crippen molar-refractivity contribution in [2.45, 2.75) is 0 Å². The summed E-state index contributed by atoms with van der Waals surface area (Å²) in [5.74, 6) is 0.874. The van der Waals surface area contributed by atoms with Crippen LogP contribution in [0.1, 0.15) is 5.56 Å².